The minimum atomic E-state index is -1.00. The number of hydrogen-bond donors (Lipinski definition) is 1. The Morgan fingerprint density at radius 2 is 1.89 bits per heavy atom. The van der Waals surface area contributed by atoms with Gasteiger partial charge in [-0.3, -0.25) is 19.3 Å². The molecule has 1 heterocycles. The summed E-state index contributed by atoms with van der Waals surface area (Å²) in [6.45, 7) is 2.09. The lowest BCUT2D eigenvalue weighted by Gasteiger charge is -2.21. The molecule has 0 bridgehead atoms. The van der Waals surface area contributed by atoms with Gasteiger partial charge in [0.15, 0.2) is 0 Å². The van der Waals surface area contributed by atoms with Gasteiger partial charge in [0.2, 0.25) is 11.8 Å². The van der Waals surface area contributed by atoms with Crippen LogP contribution in [-0.4, -0.2) is 47.5 Å². The van der Waals surface area contributed by atoms with E-state index in [0.717, 1.165) is 12.8 Å². The Morgan fingerprint density at radius 3 is 2.32 bits per heavy atom. The maximum Gasteiger partial charge on any atom is 0.306 e. The minimum Gasteiger partial charge on any atom is -0.481 e. The zero-order valence-electron chi connectivity index (χ0n) is 11.2. The molecule has 2 fully saturated rings. The van der Waals surface area contributed by atoms with Crippen LogP contribution in [-0.2, 0) is 19.1 Å². The summed E-state index contributed by atoms with van der Waals surface area (Å²) >= 11 is 0. The maximum absolute atomic E-state index is 12.2. The van der Waals surface area contributed by atoms with Crippen molar-refractivity contribution in [1.29, 1.82) is 0 Å². The Balaban J connectivity index is 2.04. The van der Waals surface area contributed by atoms with Crippen LogP contribution in [0.3, 0.4) is 0 Å². The number of carbonyl (C=O) groups is 3. The molecule has 1 N–H and O–H groups in total. The number of hydrogen-bond acceptors (Lipinski definition) is 4. The molecule has 19 heavy (non-hydrogen) atoms. The number of carboxylic acid groups (broad SMARTS) is 1. The lowest BCUT2D eigenvalue weighted by atomic mass is 10.00. The van der Waals surface area contributed by atoms with Crippen molar-refractivity contribution < 1.29 is 24.2 Å². The molecule has 1 saturated heterocycles. The van der Waals surface area contributed by atoms with Crippen molar-refractivity contribution in [1.82, 2.24) is 4.90 Å². The average Bonchev–Trinajstić information content (AvgIpc) is 2.81. The fraction of sp³-hybridized carbons (Fsp3) is 0.769. The normalized spacial score (nSPS) is 31.7. The van der Waals surface area contributed by atoms with E-state index in [-0.39, 0.29) is 36.6 Å². The zero-order valence-corrected chi connectivity index (χ0v) is 11.2. The van der Waals surface area contributed by atoms with Gasteiger partial charge in [0.1, 0.15) is 0 Å². The molecule has 2 rings (SSSR count). The van der Waals surface area contributed by atoms with Crippen LogP contribution in [0.15, 0.2) is 0 Å². The maximum atomic E-state index is 12.2. The Bertz CT molecular complexity index is 384. The number of ether oxygens (including phenoxy) is 1. The van der Waals surface area contributed by atoms with Crippen LogP contribution in [0.25, 0.3) is 0 Å². The largest absolute Gasteiger partial charge is 0.481 e. The summed E-state index contributed by atoms with van der Waals surface area (Å²) in [5.74, 6) is -1.32. The summed E-state index contributed by atoms with van der Waals surface area (Å²) in [6, 6.07) is 0. The van der Waals surface area contributed by atoms with Gasteiger partial charge in [0.05, 0.1) is 30.9 Å². The second-order valence-corrected chi connectivity index (χ2v) is 5.53. The summed E-state index contributed by atoms with van der Waals surface area (Å²) in [5.41, 5.74) is 0. The van der Waals surface area contributed by atoms with Crippen molar-refractivity contribution in [2.75, 3.05) is 13.7 Å². The monoisotopic (exact) mass is 269 g/mol. The third kappa shape index (κ3) is 2.63. The number of fused-ring (bicyclic) bond motifs is 1. The van der Waals surface area contributed by atoms with E-state index in [4.69, 9.17) is 9.84 Å². The predicted molar refractivity (Wildman–Crippen MR) is 65.1 cm³/mol. The summed E-state index contributed by atoms with van der Waals surface area (Å²) in [4.78, 5) is 36.2. The SMILES string of the molecule is COC(CC(=O)O)CN1C(=O)C2CC(C)CC2C1=O. The van der Waals surface area contributed by atoms with Crippen LogP contribution in [0.2, 0.25) is 0 Å². The number of rotatable bonds is 5. The summed E-state index contributed by atoms with van der Waals surface area (Å²) in [6.07, 6.45) is 0.658. The molecule has 0 aromatic heterocycles. The van der Waals surface area contributed by atoms with E-state index in [9.17, 15) is 14.4 Å². The molecule has 6 nitrogen and oxygen atoms in total. The quantitative estimate of drug-likeness (QED) is 0.735. The van der Waals surface area contributed by atoms with E-state index in [0.29, 0.717) is 5.92 Å². The molecular weight excluding hydrogens is 250 g/mol. The Kier molecular flexibility index (Phi) is 3.89. The number of nitrogens with zero attached hydrogens (tertiary/aromatic N) is 1. The molecule has 0 spiro atoms. The number of amides is 2. The molecule has 0 radical (unpaired) electrons. The first-order chi connectivity index (χ1) is 8.93. The van der Waals surface area contributed by atoms with Gasteiger partial charge in [0.25, 0.3) is 0 Å². The third-order valence-corrected chi connectivity index (χ3v) is 4.09. The predicted octanol–water partition coefficient (Wildman–Crippen LogP) is 0.507. The first kappa shape index (κ1) is 14.0. The standard InChI is InChI=1S/C13H19NO5/c1-7-3-9-10(4-7)13(18)14(12(9)17)6-8(19-2)5-11(15)16/h7-10H,3-6H2,1-2H3,(H,15,16). The van der Waals surface area contributed by atoms with Gasteiger partial charge in [-0.25, -0.2) is 0 Å². The molecule has 0 aromatic carbocycles. The summed E-state index contributed by atoms with van der Waals surface area (Å²) < 4.78 is 5.04. The molecule has 2 aliphatic rings. The fourth-order valence-electron chi connectivity index (χ4n) is 3.15. The lowest BCUT2D eigenvalue weighted by Crippen LogP contribution is -2.40. The van der Waals surface area contributed by atoms with Crippen molar-refractivity contribution in [2.24, 2.45) is 17.8 Å². The van der Waals surface area contributed by atoms with Crippen molar-refractivity contribution in [3.05, 3.63) is 0 Å². The van der Waals surface area contributed by atoms with E-state index < -0.39 is 12.1 Å². The number of aliphatic carboxylic acids is 1. The number of carboxylic acids is 1. The van der Waals surface area contributed by atoms with Gasteiger partial charge >= 0.3 is 5.97 Å². The Morgan fingerprint density at radius 1 is 1.37 bits per heavy atom. The zero-order chi connectivity index (χ0) is 14.2. The number of likely N-dealkylation sites (tertiary alicyclic amines) is 1. The van der Waals surface area contributed by atoms with Crippen LogP contribution in [0, 0.1) is 17.8 Å². The first-order valence-corrected chi connectivity index (χ1v) is 6.53. The highest BCUT2D eigenvalue weighted by molar-refractivity contribution is 6.05. The van der Waals surface area contributed by atoms with Crippen LogP contribution < -0.4 is 0 Å². The van der Waals surface area contributed by atoms with Crippen molar-refractivity contribution in [3.8, 4) is 0 Å². The number of imide groups is 1. The van der Waals surface area contributed by atoms with Gasteiger partial charge in [0, 0.05) is 7.11 Å². The molecule has 2 amide bonds. The lowest BCUT2D eigenvalue weighted by molar-refractivity contribution is -0.146. The number of methoxy groups -OCH3 is 1. The average molecular weight is 269 g/mol. The molecule has 6 heteroatoms. The highest BCUT2D eigenvalue weighted by Gasteiger charge is 2.51. The molecule has 0 aromatic rings. The van der Waals surface area contributed by atoms with Gasteiger partial charge in [-0.15, -0.1) is 0 Å². The molecule has 1 aliphatic carbocycles. The minimum absolute atomic E-state index is 0.0435. The molecule has 3 unspecified atom stereocenters. The van der Waals surface area contributed by atoms with Gasteiger partial charge in [-0.05, 0) is 18.8 Å². The highest BCUT2D eigenvalue weighted by atomic mass is 16.5. The van der Waals surface area contributed by atoms with Crippen molar-refractivity contribution in [3.63, 3.8) is 0 Å². The van der Waals surface area contributed by atoms with Crippen LogP contribution >= 0.6 is 0 Å². The molecule has 1 saturated carbocycles. The second kappa shape index (κ2) is 5.28. The Hall–Kier alpha value is -1.43. The first-order valence-electron chi connectivity index (χ1n) is 6.53. The summed E-state index contributed by atoms with van der Waals surface area (Å²) in [7, 11) is 1.39. The highest BCUT2D eigenvalue weighted by Crippen LogP contribution is 2.42. The molecule has 106 valence electrons. The van der Waals surface area contributed by atoms with Crippen LogP contribution in [0.5, 0.6) is 0 Å². The van der Waals surface area contributed by atoms with E-state index in [1.165, 1.54) is 12.0 Å². The summed E-state index contributed by atoms with van der Waals surface area (Å²) in [5, 5.41) is 8.75. The third-order valence-electron chi connectivity index (χ3n) is 4.09. The molecular formula is C13H19NO5. The van der Waals surface area contributed by atoms with Gasteiger partial charge in [-0.1, -0.05) is 6.92 Å². The molecule has 3 atom stereocenters. The van der Waals surface area contributed by atoms with Gasteiger partial charge < -0.3 is 9.84 Å². The van der Waals surface area contributed by atoms with Gasteiger partial charge in [-0.2, -0.15) is 0 Å². The van der Waals surface area contributed by atoms with E-state index >= 15 is 0 Å². The number of carbonyl (C=O) groups excluding carboxylic acids is 2. The van der Waals surface area contributed by atoms with E-state index in [1.807, 2.05) is 6.92 Å². The smallest absolute Gasteiger partial charge is 0.306 e. The van der Waals surface area contributed by atoms with Crippen molar-refractivity contribution in [2.45, 2.75) is 32.3 Å². The fourth-order valence-corrected chi connectivity index (χ4v) is 3.15. The van der Waals surface area contributed by atoms with Crippen LogP contribution in [0.1, 0.15) is 26.2 Å². The van der Waals surface area contributed by atoms with Crippen LogP contribution in [0.4, 0.5) is 0 Å². The van der Waals surface area contributed by atoms with Crippen molar-refractivity contribution >= 4 is 17.8 Å². The molecule has 1 aliphatic heterocycles. The second-order valence-electron chi connectivity index (χ2n) is 5.53. The topological polar surface area (TPSA) is 83.9 Å². The van der Waals surface area contributed by atoms with E-state index in [2.05, 4.69) is 0 Å². The van der Waals surface area contributed by atoms with E-state index in [1.54, 1.807) is 0 Å². The Labute approximate surface area is 111 Å².